The zero-order valence-corrected chi connectivity index (χ0v) is 16.9. The lowest BCUT2D eigenvalue weighted by molar-refractivity contribution is -0.274. The van der Waals surface area contributed by atoms with E-state index in [0.29, 0.717) is 5.56 Å². The van der Waals surface area contributed by atoms with E-state index in [0.717, 1.165) is 12.1 Å². The summed E-state index contributed by atoms with van der Waals surface area (Å²) in [6.07, 6.45) is -4.85. The number of carbonyl (C=O) groups is 1. The molecule has 0 aromatic heterocycles. The van der Waals surface area contributed by atoms with Gasteiger partial charge < -0.3 is 10.1 Å². The third kappa shape index (κ3) is 5.70. The summed E-state index contributed by atoms with van der Waals surface area (Å²) in [5, 5.41) is 2.47. The van der Waals surface area contributed by atoms with Gasteiger partial charge in [0, 0.05) is 30.4 Å². The van der Waals surface area contributed by atoms with E-state index in [1.807, 2.05) is 0 Å². The second-order valence-electron chi connectivity index (χ2n) is 6.10. The Morgan fingerprint density at radius 1 is 1.10 bits per heavy atom. The van der Waals surface area contributed by atoms with E-state index in [-0.39, 0.29) is 29.2 Å². The Labute approximate surface area is 167 Å². The van der Waals surface area contributed by atoms with Gasteiger partial charge in [-0.3, -0.25) is 4.79 Å². The van der Waals surface area contributed by atoms with Crippen LogP contribution >= 0.6 is 0 Å². The normalized spacial score (nSPS) is 12.1. The van der Waals surface area contributed by atoms with Gasteiger partial charge in [-0.05, 0) is 36.8 Å². The maximum absolute atomic E-state index is 12.7. The van der Waals surface area contributed by atoms with Crippen LogP contribution in [0.4, 0.5) is 18.9 Å². The molecule has 2 rings (SSSR count). The molecular formula is C19H21F3N2O4S. The number of amides is 1. The van der Waals surface area contributed by atoms with Crippen molar-refractivity contribution in [2.24, 2.45) is 0 Å². The number of benzene rings is 2. The first-order valence-electron chi connectivity index (χ1n) is 8.76. The summed E-state index contributed by atoms with van der Waals surface area (Å²) in [6.45, 7) is 5.60. The molecule has 0 aliphatic rings. The van der Waals surface area contributed by atoms with Crippen LogP contribution in [0.15, 0.2) is 47.4 Å². The minimum Gasteiger partial charge on any atom is -0.406 e. The molecule has 0 aliphatic carbocycles. The second-order valence-corrected chi connectivity index (χ2v) is 8.03. The molecule has 158 valence electrons. The molecule has 0 fully saturated rings. The number of sulfonamides is 1. The summed E-state index contributed by atoms with van der Waals surface area (Å²) in [4.78, 5) is 12.6. The molecule has 2 aromatic rings. The highest BCUT2D eigenvalue weighted by Crippen LogP contribution is 2.26. The average molecular weight is 430 g/mol. The molecule has 0 saturated heterocycles. The largest absolute Gasteiger partial charge is 0.573 e. The van der Waals surface area contributed by atoms with Gasteiger partial charge in [0.05, 0.1) is 4.90 Å². The lowest BCUT2D eigenvalue weighted by Crippen LogP contribution is -2.30. The zero-order chi connectivity index (χ0) is 21.8. The van der Waals surface area contributed by atoms with Gasteiger partial charge in [-0.1, -0.05) is 26.0 Å². The Morgan fingerprint density at radius 3 is 2.34 bits per heavy atom. The Balaban J connectivity index is 2.31. The molecule has 0 radical (unpaired) electrons. The molecule has 1 N–H and O–H groups in total. The molecule has 0 unspecified atom stereocenters. The predicted octanol–water partition coefficient (Wildman–Crippen LogP) is 4.18. The lowest BCUT2D eigenvalue weighted by atomic mass is 10.1. The van der Waals surface area contributed by atoms with Crippen molar-refractivity contribution in [3.8, 4) is 5.75 Å². The highest BCUT2D eigenvalue weighted by Gasteiger charge is 2.31. The Hall–Kier alpha value is -2.59. The molecule has 6 nitrogen and oxygen atoms in total. The van der Waals surface area contributed by atoms with E-state index in [2.05, 4.69) is 10.1 Å². The van der Waals surface area contributed by atoms with Crippen molar-refractivity contribution in [3.05, 3.63) is 53.6 Å². The van der Waals surface area contributed by atoms with Crippen LogP contribution in [0.3, 0.4) is 0 Å². The van der Waals surface area contributed by atoms with Crippen LogP contribution in [-0.4, -0.2) is 38.1 Å². The van der Waals surface area contributed by atoms with Crippen molar-refractivity contribution < 1.29 is 31.1 Å². The van der Waals surface area contributed by atoms with Gasteiger partial charge in [0.2, 0.25) is 10.0 Å². The fourth-order valence-corrected chi connectivity index (χ4v) is 4.17. The van der Waals surface area contributed by atoms with Crippen LogP contribution in [0.25, 0.3) is 0 Å². The van der Waals surface area contributed by atoms with E-state index >= 15 is 0 Å². The number of alkyl halides is 3. The summed E-state index contributed by atoms with van der Waals surface area (Å²) in [7, 11) is -3.77. The van der Waals surface area contributed by atoms with Crippen LogP contribution in [0.5, 0.6) is 5.75 Å². The van der Waals surface area contributed by atoms with Crippen molar-refractivity contribution >= 4 is 21.6 Å². The molecule has 0 aliphatic heterocycles. The molecule has 29 heavy (non-hydrogen) atoms. The number of nitrogens with one attached hydrogen (secondary N) is 1. The van der Waals surface area contributed by atoms with Crippen molar-refractivity contribution in [1.82, 2.24) is 4.31 Å². The van der Waals surface area contributed by atoms with E-state index in [1.54, 1.807) is 20.8 Å². The molecule has 2 aromatic carbocycles. The first kappa shape index (κ1) is 22.7. The third-order valence-electron chi connectivity index (χ3n) is 4.12. The molecule has 0 bridgehead atoms. The predicted molar refractivity (Wildman–Crippen MR) is 102 cm³/mol. The maximum atomic E-state index is 12.7. The van der Waals surface area contributed by atoms with Crippen LogP contribution in [-0.2, 0) is 10.0 Å². The van der Waals surface area contributed by atoms with Crippen molar-refractivity contribution in [1.29, 1.82) is 0 Å². The average Bonchev–Trinajstić information content (AvgIpc) is 2.61. The van der Waals surface area contributed by atoms with E-state index in [1.165, 1.54) is 34.6 Å². The van der Waals surface area contributed by atoms with E-state index in [9.17, 15) is 26.4 Å². The molecule has 0 heterocycles. The monoisotopic (exact) mass is 430 g/mol. The third-order valence-corrected chi connectivity index (χ3v) is 6.17. The maximum Gasteiger partial charge on any atom is 0.573 e. The lowest BCUT2D eigenvalue weighted by Gasteiger charge is -2.19. The first-order valence-corrected chi connectivity index (χ1v) is 10.2. The first-order chi connectivity index (χ1) is 13.5. The molecule has 1 amide bonds. The Kier molecular flexibility index (Phi) is 6.91. The van der Waals surface area contributed by atoms with Crippen LogP contribution in [0, 0.1) is 6.92 Å². The molecule has 0 saturated carbocycles. The molecular weight excluding hydrogens is 409 g/mol. The minimum atomic E-state index is -4.85. The van der Waals surface area contributed by atoms with Gasteiger partial charge in [0.1, 0.15) is 5.75 Å². The van der Waals surface area contributed by atoms with Crippen LogP contribution in [0.2, 0.25) is 0 Å². The Morgan fingerprint density at radius 2 is 1.76 bits per heavy atom. The number of ether oxygens (including phenoxy) is 1. The molecule has 10 heteroatoms. The van der Waals surface area contributed by atoms with Crippen LogP contribution < -0.4 is 10.1 Å². The topological polar surface area (TPSA) is 75.7 Å². The zero-order valence-electron chi connectivity index (χ0n) is 16.1. The SMILES string of the molecule is CCN(CC)S(=O)(=O)c1ccc(C)c(C(=O)Nc2cccc(OC(F)(F)F)c2)c1. The smallest absolute Gasteiger partial charge is 0.406 e. The summed E-state index contributed by atoms with van der Waals surface area (Å²) >= 11 is 0. The van der Waals surface area contributed by atoms with Gasteiger partial charge in [0.15, 0.2) is 0 Å². The summed E-state index contributed by atoms with van der Waals surface area (Å²) in [6, 6.07) is 9.00. The number of nitrogens with zero attached hydrogens (tertiary/aromatic N) is 1. The highest BCUT2D eigenvalue weighted by molar-refractivity contribution is 7.89. The standard InChI is InChI=1S/C19H21F3N2O4S/c1-4-24(5-2)29(26,27)16-10-9-13(3)17(12-16)18(25)23-14-7-6-8-15(11-14)28-19(20,21)22/h6-12H,4-5H2,1-3H3,(H,23,25). The number of aryl methyl sites for hydroxylation is 1. The highest BCUT2D eigenvalue weighted by atomic mass is 32.2. The van der Waals surface area contributed by atoms with Crippen molar-refractivity contribution in [2.75, 3.05) is 18.4 Å². The van der Waals surface area contributed by atoms with Gasteiger partial charge in [-0.15, -0.1) is 13.2 Å². The minimum absolute atomic E-state index is 0.0360. The van der Waals surface area contributed by atoms with Gasteiger partial charge in [-0.2, -0.15) is 4.31 Å². The Bertz CT molecular complexity index is 987. The summed E-state index contributed by atoms with van der Waals surface area (Å²) in [5.41, 5.74) is 0.692. The van der Waals surface area contributed by atoms with Crippen molar-refractivity contribution in [3.63, 3.8) is 0 Å². The quantitative estimate of drug-likeness (QED) is 0.715. The number of rotatable bonds is 7. The number of carbonyl (C=O) groups excluding carboxylic acids is 1. The van der Waals surface area contributed by atoms with Gasteiger partial charge in [0.25, 0.3) is 5.91 Å². The summed E-state index contributed by atoms with van der Waals surface area (Å²) in [5.74, 6) is -1.13. The molecule has 0 atom stereocenters. The number of anilines is 1. The fourth-order valence-electron chi connectivity index (χ4n) is 2.69. The number of halogens is 3. The summed E-state index contributed by atoms with van der Waals surface area (Å²) < 4.78 is 67.6. The fraction of sp³-hybridized carbons (Fsp3) is 0.316. The van der Waals surface area contributed by atoms with Crippen LogP contribution in [0.1, 0.15) is 29.8 Å². The van der Waals surface area contributed by atoms with E-state index < -0.39 is 28.0 Å². The number of hydrogen-bond acceptors (Lipinski definition) is 4. The van der Waals surface area contributed by atoms with Gasteiger partial charge >= 0.3 is 6.36 Å². The van der Waals surface area contributed by atoms with Crippen molar-refractivity contribution in [2.45, 2.75) is 32.0 Å². The van der Waals surface area contributed by atoms with Gasteiger partial charge in [-0.25, -0.2) is 8.42 Å². The van der Waals surface area contributed by atoms with E-state index in [4.69, 9.17) is 0 Å². The number of hydrogen-bond donors (Lipinski definition) is 1. The second kappa shape index (κ2) is 8.83. The molecule has 0 spiro atoms.